The fourth-order valence-electron chi connectivity index (χ4n) is 3.17. The number of hydrogen-bond acceptors (Lipinski definition) is 2. The van der Waals surface area contributed by atoms with Crippen LogP contribution in [0.5, 0.6) is 0 Å². The van der Waals surface area contributed by atoms with Gasteiger partial charge in [-0.1, -0.05) is 104 Å². The Morgan fingerprint density at radius 1 is 1.07 bits per heavy atom. The van der Waals surface area contributed by atoms with Gasteiger partial charge >= 0.3 is 6.09 Å². The molecule has 0 fully saturated rings. The number of nitrogens with one attached hydrogen (secondary N) is 1. The molecule has 0 aliphatic rings. The predicted molar refractivity (Wildman–Crippen MR) is 121 cm³/mol. The monoisotopic (exact) mass is 497 g/mol. The molecule has 2 aromatic carbocycles. The van der Waals surface area contributed by atoms with Crippen molar-refractivity contribution in [2.75, 3.05) is 4.43 Å². The van der Waals surface area contributed by atoms with Gasteiger partial charge in [0, 0.05) is 4.43 Å². The van der Waals surface area contributed by atoms with E-state index in [-0.39, 0.29) is 11.1 Å². The first-order valence-corrected chi connectivity index (χ1v) is 11.9. The summed E-state index contributed by atoms with van der Waals surface area (Å²) in [6, 6.07) is 19.6. The highest BCUT2D eigenvalue weighted by Crippen LogP contribution is 2.40. The van der Waals surface area contributed by atoms with E-state index in [0.717, 1.165) is 15.6 Å². The van der Waals surface area contributed by atoms with Crippen molar-refractivity contribution < 1.29 is 14.3 Å². The summed E-state index contributed by atoms with van der Waals surface area (Å²) in [6.07, 6.45) is -0.350. The summed E-state index contributed by atoms with van der Waals surface area (Å²) in [7, 11) is -0.971. The second-order valence-electron chi connectivity index (χ2n) is 7.80. The molecule has 0 heterocycles. The highest BCUT2D eigenvalue weighted by atomic mass is 127. The van der Waals surface area contributed by atoms with E-state index in [2.05, 4.69) is 48.7 Å². The topological polar surface area (TPSA) is 58.6 Å². The Hall–Kier alpha value is -1.38. The lowest BCUT2D eigenvalue weighted by molar-refractivity contribution is 0.0622. The number of carbonyl (C=O) groups is 1. The molecule has 0 saturated heterocycles. The van der Waals surface area contributed by atoms with Crippen LogP contribution in [0, 0.1) is 0 Å². The van der Waals surface area contributed by atoms with Gasteiger partial charge in [0.2, 0.25) is 0 Å². The summed E-state index contributed by atoms with van der Waals surface area (Å²) in [6.45, 7) is 6.54. The molecule has 2 rings (SSSR count). The fourth-order valence-corrected chi connectivity index (χ4v) is 4.99. The number of alkyl halides is 1. The third-order valence-corrected chi connectivity index (χ3v) is 6.41. The molecule has 0 aliphatic heterocycles. The average molecular weight is 497 g/mol. The highest BCUT2D eigenvalue weighted by molar-refractivity contribution is 14.1. The zero-order chi connectivity index (χ0) is 19.9. The van der Waals surface area contributed by atoms with E-state index >= 15 is 0 Å². The number of carboxylic acid groups (broad SMARTS) is 1. The van der Waals surface area contributed by atoms with Crippen LogP contribution in [0.3, 0.4) is 0 Å². The van der Waals surface area contributed by atoms with Crippen LogP contribution in [0.25, 0.3) is 0 Å². The molecule has 146 valence electrons. The van der Waals surface area contributed by atoms with Gasteiger partial charge in [0.25, 0.3) is 0 Å². The SMILES string of the molecule is CC(C)(C)[SiH2]OC(c1ccccc1)(c1ccccc1)[C@H](CCI)NC(=O)O. The van der Waals surface area contributed by atoms with Crippen LogP contribution in [0.15, 0.2) is 60.7 Å². The Bertz CT molecular complexity index is 680. The maximum Gasteiger partial charge on any atom is 0.405 e. The molecule has 2 N–H and O–H groups in total. The second-order valence-corrected chi connectivity index (χ2v) is 11.6. The van der Waals surface area contributed by atoms with Gasteiger partial charge in [-0.2, -0.15) is 0 Å². The summed E-state index contributed by atoms with van der Waals surface area (Å²) < 4.78 is 7.62. The normalized spacial score (nSPS) is 13.6. The van der Waals surface area contributed by atoms with E-state index in [1.807, 2.05) is 60.7 Å². The number of hydrogen-bond donors (Lipinski definition) is 2. The van der Waals surface area contributed by atoms with Crippen LogP contribution in [0.2, 0.25) is 5.04 Å². The number of amides is 1. The van der Waals surface area contributed by atoms with Crippen LogP contribution >= 0.6 is 22.6 Å². The van der Waals surface area contributed by atoms with Gasteiger partial charge in [0.1, 0.15) is 5.60 Å². The van der Waals surface area contributed by atoms with Gasteiger partial charge in [-0.3, -0.25) is 0 Å². The maximum atomic E-state index is 11.6. The van der Waals surface area contributed by atoms with Crippen molar-refractivity contribution in [2.45, 2.75) is 43.9 Å². The van der Waals surface area contributed by atoms with Crippen molar-refractivity contribution in [3.8, 4) is 0 Å². The molecule has 1 amide bonds. The molecule has 4 nitrogen and oxygen atoms in total. The van der Waals surface area contributed by atoms with E-state index in [1.165, 1.54) is 0 Å². The van der Waals surface area contributed by atoms with Crippen LogP contribution in [-0.2, 0) is 10.0 Å². The van der Waals surface area contributed by atoms with Crippen LogP contribution in [0.4, 0.5) is 4.79 Å². The number of rotatable bonds is 8. The van der Waals surface area contributed by atoms with Crippen molar-refractivity contribution in [1.82, 2.24) is 5.32 Å². The third kappa shape index (κ3) is 5.79. The Labute approximate surface area is 177 Å². The van der Waals surface area contributed by atoms with Gasteiger partial charge < -0.3 is 14.8 Å². The molecule has 0 radical (unpaired) electrons. The molecule has 0 aromatic heterocycles. The lowest BCUT2D eigenvalue weighted by Gasteiger charge is -2.43. The Morgan fingerprint density at radius 3 is 1.93 bits per heavy atom. The van der Waals surface area contributed by atoms with Crippen molar-refractivity contribution in [2.24, 2.45) is 0 Å². The molecule has 2 aromatic rings. The molecular weight excluding hydrogens is 469 g/mol. The maximum absolute atomic E-state index is 11.6. The highest BCUT2D eigenvalue weighted by Gasteiger charge is 2.44. The zero-order valence-electron chi connectivity index (χ0n) is 16.1. The van der Waals surface area contributed by atoms with Gasteiger partial charge in [-0.25, -0.2) is 4.79 Å². The quantitative estimate of drug-likeness (QED) is 0.316. The van der Waals surface area contributed by atoms with Crippen LogP contribution < -0.4 is 5.32 Å². The smallest absolute Gasteiger partial charge is 0.405 e. The molecule has 0 unspecified atom stereocenters. The van der Waals surface area contributed by atoms with E-state index in [1.54, 1.807) is 0 Å². The molecule has 27 heavy (non-hydrogen) atoms. The number of benzene rings is 2. The minimum absolute atomic E-state index is 0.0763. The van der Waals surface area contributed by atoms with Gasteiger partial charge in [0.05, 0.1) is 6.04 Å². The summed E-state index contributed by atoms with van der Waals surface area (Å²) in [5, 5.41) is 12.4. The lowest BCUT2D eigenvalue weighted by atomic mass is 9.79. The number of halogens is 1. The van der Waals surface area contributed by atoms with Gasteiger partial charge in [0.15, 0.2) is 9.76 Å². The van der Waals surface area contributed by atoms with E-state index < -0.39 is 21.5 Å². The summed E-state index contributed by atoms with van der Waals surface area (Å²) in [5.74, 6) is 0. The molecule has 0 aliphatic carbocycles. The first-order chi connectivity index (χ1) is 12.8. The fraction of sp³-hybridized carbons (Fsp3) is 0.381. The summed E-state index contributed by atoms with van der Waals surface area (Å²) in [4.78, 5) is 11.6. The lowest BCUT2D eigenvalue weighted by Crippen LogP contribution is -2.54. The zero-order valence-corrected chi connectivity index (χ0v) is 19.7. The van der Waals surface area contributed by atoms with E-state index in [9.17, 15) is 9.90 Å². The van der Waals surface area contributed by atoms with Crippen molar-refractivity contribution in [3.05, 3.63) is 71.8 Å². The van der Waals surface area contributed by atoms with Crippen molar-refractivity contribution in [1.29, 1.82) is 0 Å². The Balaban J connectivity index is 2.69. The Morgan fingerprint density at radius 2 is 1.56 bits per heavy atom. The molecule has 1 atom stereocenters. The van der Waals surface area contributed by atoms with E-state index in [0.29, 0.717) is 6.42 Å². The van der Waals surface area contributed by atoms with Gasteiger partial charge in [-0.05, 0) is 22.6 Å². The standard InChI is InChI=1S/C21H28INO3Si/c1-20(2,3)27-26-21(16-10-6-4-7-11-16,17-12-8-5-9-13-17)18(14-15-22)23-19(24)25/h4-13,18,23H,14-15,27H2,1-3H3,(H,24,25)/t18-/m0/s1. The first-order valence-electron chi connectivity index (χ1n) is 9.10. The van der Waals surface area contributed by atoms with Crippen molar-refractivity contribution >= 4 is 38.4 Å². The predicted octanol–water partition coefficient (Wildman–Crippen LogP) is 4.71. The van der Waals surface area contributed by atoms with Crippen LogP contribution in [-0.4, -0.2) is 31.4 Å². The van der Waals surface area contributed by atoms with Gasteiger partial charge in [-0.15, -0.1) is 0 Å². The minimum Gasteiger partial charge on any atom is -0.465 e. The third-order valence-electron chi connectivity index (χ3n) is 4.32. The Kier molecular flexibility index (Phi) is 7.87. The average Bonchev–Trinajstić information content (AvgIpc) is 2.63. The van der Waals surface area contributed by atoms with E-state index in [4.69, 9.17) is 4.43 Å². The first kappa shape index (κ1) is 21.9. The minimum atomic E-state index is -1.03. The molecule has 0 bridgehead atoms. The summed E-state index contributed by atoms with van der Waals surface area (Å²) in [5.41, 5.74) is 1.12. The molecular formula is C21H28INO3Si. The molecule has 0 saturated carbocycles. The second kappa shape index (κ2) is 9.70. The van der Waals surface area contributed by atoms with Crippen LogP contribution in [0.1, 0.15) is 38.3 Å². The molecule has 0 spiro atoms. The van der Waals surface area contributed by atoms with Crippen molar-refractivity contribution in [3.63, 3.8) is 0 Å². The summed E-state index contributed by atoms with van der Waals surface area (Å²) >= 11 is 2.30. The molecule has 6 heteroatoms. The largest absolute Gasteiger partial charge is 0.465 e.